The van der Waals surface area contributed by atoms with Crippen LogP contribution >= 0.6 is 0 Å². The second kappa shape index (κ2) is 5.95. The highest BCUT2D eigenvalue weighted by atomic mass is 19.1. The largest absolute Gasteiger partial charge is 0.481 e. The molecule has 7 heteroatoms. The molecule has 0 saturated heterocycles. The number of halogens is 1. The number of aliphatic carboxylic acids is 1. The number of benzene rings is 1. The first-order valence-corrected chi connectivity index (χ1v) is 5.37. The number of carbonyl (C=O) groups is 1. The molecule has 0 radical (unpaired) electrons. The third kappa shape index (κ3) is 3.16. The molecule has 0 aromatic heterocycles. The van der Waals surface area contributed by atoms with Crippen LogP contribution in [0.2, 0.25) is 0 Å². The molecular weight excluding hydrogens is 243 g/mol. The van der Waals surface area contributed by atoms with Crippen molar-refractivity contribution in [2.45, 2.75) is 13.3 Å². The number of hydrogen-bond donors (Lipinski definition) is 1. The summed E-state index contributed by atoms with van der Waals surface area (Å²) < 4.78 is 13.4. The van der Waals surface area contributed by atoms with Gasteiger partial charge in [-0.25, -0.2) is 0 Å². The Kier molecular flexibility index (Phi) is 4.59. The van der Waals surface area contributed by atoms with E-state index in [-0.39, 0.29) is 18.7 Å². The second-order valence-corrected chi connectivity index (χ2v) is 3.59. The highest BCUT2D eigenvalue weighted by Gasteiger charge is 2.23. The normalized spacial score (nSPS) is 10.1. The molecule has 0 fully saturated rings. The fourth-order valence-corrected chi connectivity index (χ4v) is 1.62. The molecule has 1 aromatic carbocycles. The van der Waals surface area contributed by atoms with Crippen LogP contribution in [0.3, 0.4) is 0 Å². The van der Waals surface area contributed by atoms with Gasteiger partial charge in [-0.15, -0.1) is 0 Å². The average Bonchev–Trinajstić information content (AvgIpc) is 2.29. The van der Waals surface area contributed by atoms with Gasteiger partial charge in [-0.2, -0.15) is 4.39 Å². The average molecular weight is 256 g/mol. The molecule has 0 heterocycles. The van der Waals surface area contributed by atoms with Crippen LogP contribution < -0.4 is 4.90 Å². The molecule has 0 atom stereocenters. The summed E-state index contributed by atoms with van der Waals surface area (Å²) in [7, 11) is 0. The van der Waals surface area contributed by atoms with Crippen LogP contribution in [0.15, 0.2) is 18.2 Å². The zero-order chi connectivity index (χ0) is 13.7. The van der Waals surface area contributed by atoms with Crippen molar-refractivity contribution < 1.29 is 19.2 Å². The summed E-state index contributed by atoms with van der Waals surface area (Å²) in [6.07, 6.45) is -0.165. The molecule has 0 aliphatic heterocycles. The number of anilines is 1. The standard InChI is InChI=1S/C11H13FN2O4/c1-2-13(7-6-10(15)16)9-5-3-4-8(12)11(9)14(17)18/h3-5H,2,6-7H2,1H3,(H,15,16). The summed E-state index contributed by atoms with van der Waals surface area (Å²) in [6.45, 7) is 2.17. The van der Waals surface area contributed by atoms with Crippen LogP contribution in [0, 0.1) is 15.9 Å². The second-order valence-electron chi connectivity index (χ2n) is 3.59. The summed E-state index contributed by atoms with van der Waals surface area (Å²) in [5.74, 6) is -1.93. The van der Waals surface area contributed by atoms with Crippen LogP contribution in [0.5, 0.6) is 0 Å². The summed E-state index contributed by atoms with van der Waals surface area (Å²) in [6, 6.07) is 3.78. The lowest BCUT2D eigenvalue weighted by atomic mass is 10.2. The minimum absolute atomic E-state index is 0.0934. The van der Waals surface area contributed by atoms with Crippen LogP contribution in [0.1, 0.15) is 13.3 Å². The zero-order valence-corrected chi connectivity index (χ0v) is 9.80. The lowest BCUT2D eigenvalue weighted by molar-refractivity contribution is -0.386. The van der Waals surface area contributed by atoms with Crippen LogP contribution in [-0.4, -0.2) is 29.1 Å². The molecule has 6 nitrogen and oxygen atoms in total. The fraction of sp³-hybridized carbons (Fsp3) is 0.364. The van der Waals surface area contributed by atoms with Crippen molar-refractivity contribution in [1.29, 1.82) is 0 Å². The van der Waals surface area contributed by atoms with Gasteiger partial charge in [0.1, 0.15) is 5.69 Å². The topological polar surface area (TPSA) is 83.7 Å². The number of carboxylic acids is 1. The first-order valence-electron chi connectivity index (χ1n) is 5.37. The van der Waals surface area contributed by atoms with Crippen LogP contribution in [-0.2, 0) is 4.79 Å². The van der Waals surface area contributed by atoms with Gasteiger partial charge in [-0.3, -0.25) is 14.9 Å². The fourth-order valence-electron chi connectivity index (χ4n) is 1.62. The van der Waals surface area contributed by atoms with E-state index in [0.29, 0.717) is 6.54 Å². The maximum atomic E-state index is 13.4. The number of nitro benzene ring substituents is 1. The van der Waals surface area contributed by atoms with Gasteiger partial charge in [-0.1, -0.05) is 6.07 Å². The highest BCUT2D eigenvalue weighted by Crippen LogP contribution is 2.30. The monoisotopic (exact) mass is 256 g/mol. The van der Waals surface area contributed by atoms with Gasteiger partial charge in [0.25, 0.3) is 0 Å². The van der Waals surface area contributed by atoms with Gasteiger partial charge >= 0.3 is 11.7 Å². The number of nitro groups is 1. The molecule has 1 rings (SSSR count). The minimum Gasteiger partial charge on any atom is -0.481 e. The Bertz CT molecular complexity index is 464. The number of para-hydroxylation sites is 1. The van der Waals surface area contributed by atoms with Gasteiger partial charge in [0.05, 0.1) is 11.3 Å². The molecule has 1 aromatic rings. The van der Waals surface area contributed by atoms with E-state index in [2.05, 4.69) is 0 Å². The van der Waals surface area contributed by atoms with Crippen LogP contribution in [0.25, 0.3) is 0 Å². The lowest BCUT2D eigenvalue weighted by Crippen LogP contribution is -2.26. The Hall–Kier alpha value is -2.18. The molecule has 0 bridgehead atoms. The quantitative estimate of drug-likeness (QED) is 0.622. The molecular formula is C11H13FN2O4. The van der Waals surface area contributed by atoms with Crippen molar-refractivity contribution in [2.75, 3.05) is 18.0 Å². The van der Waals surface area contributed by atoms with Crippen molar-refractivity contribution in [3.05, 3.63) is 34.1 Å². The molecule has 0 amide bonds. The summed E-state index contributed by atoms with van der Waals surface area (Å²) in [4.78, 5) is 22.0. The van der Waals surface area contributed by atoms with Gasteiger partial charge in [0, 0.05) is 13.1 Å². The maximum Gasteiger partial charge on any atom is 0.327 e. The van der Waals surface area contributed by atoms with Gasteiger partial charge < -0.3 is 10.0 Å². The Morgan fingerprint density at radius 3 is 2.72 bits per heavy atom. The van der Waals surface area contributed by atoms with E-state index in [4.69, 9.17) is 5.11 Å². The SMILES string of the molecule is CCN(CCC(=O)O)c1cccc(F)c1[N+](=O)[O-]. The first kappa shape index (κ1) is 13.9. The molecule has 98 valence electrons. The molecule has 0 spiro atoms. The van der Waals surface area contributed by atoms with Crippen molar-refractivity contribution in [1.82, 2.24) is 0 Å². The summed E-state index contributed by atoms with van der Waals surface area (Å²) >= 11 is 0. The van der Waals surface area contributed by atoms with Crippen LogP contribution in [0.4, 0.5) is 15.8 Å². The van der Waals surface area contributed by atoms with Gasteiger partial charge in [0.2, 0.25) is 5.82 Å². The number of rotatable bonds is 6. The zero-order valence-electron chi connectivity index (χ0n) is 9.80. The van der Waals surface area contributed by atoms with Crippen molar-refractivity contribution in [3.8, 4) is 0 Å². The summed E-state index contributed by atoms with van der Waals surface area (Å²) in [5.41, 5.74) is -0.520. The van der Waals surface area contributed by atoms with E-state index >= 15 is 0 Å². The Balaban J connectivity index is 3.08. The minimum atomic E-state index is -1.01. The Labute approximate surface area is 103 Å². The Morgan fingerprint density at radius 2 is 2.22 bits per heavy atom. The predicted octanol–water partition coefficient (Wildman–Crippen LogP) is 2.03. The van der Waals surface area contributed by atoms with E-state index in [0.717, 1.165) is 6.07 Å². The van der Waals surface area contributed by atoms with E-state index in [1.807, 2.05) is 0 Å². The lowest BCUT2D eigenvalue weighted by Gasteiger charge is -2.21. The summed E-state index contributed by atoms with van der Waals surface area (Å²) in [5, 5.41) is 19.4. The molecule has 0 saturated carbocycles. The van der Waals surface area contributed by atoms with Gasteiger partial charge in [0.15, 0.2) is 0 Å². The maximum absolute atomic E-state index is 13.4. The molecule has 18 heavy (non-hydrogen) atoms. The molecule has 0 aliphatic carbocycles. The van der Waals surface area contributed by atoms with E-state index in [1.165, 1.54) is 17.0 Å². The molecule has 0 aliphatic rings. The first-order chi connectivity index (χ1) is 8.47. The number of nitrogens with zero attached hydrogens (tertiary/aromatic N) is 2. The number of carboxylic acid groups (broad SMARTS) is 1. The number of hydrogen-bond acceptors (Lipinski definition) is 4. The van der Waals surface area contributed by atoms with Crippen molar-refractivity contribution in [2.24, 2.45) is 0 Å². The molecule has 0 unspecified atom stereocenters. The third-order valence-corrected chi connectivity index (χ3v) is 2.47. The van der Waals surface area contributed by atoms with E-state index in [1.54, 1.807) is 6.92 Å². The van der Waals surface area contributed by atoms with Gasteiger partial charge in [-0.05, 0) is 19.1 Å². The van der Waals surface area contributed by atoms with Crippen molar-refractivity contribution in [3.63, 3.8) is 0 Å². The van der Waals surface area contributed by atoms with E-state index < -0.39 is 22.4 Å². The Morgan fingerprint density at radius 1 is 1.56 bits per heavy atom. The smallest absolute Gasteiger partial charge is 0.327 e. The van der Waals surface area contributed by atoms with Crippen molar-refractivity contribution >= 4 is 17.3 Å². The predicted molar refractivity (Wildman–Crippen MR) is 63.2 cm³/mol. The highest BCUT2D eigenvalue weighted by molar-refractivity contribution is 5.69. The molecule has 1 N–H and O–H groups in total. The van der Waals surface area contributed by atoms with E-state index in [9.17, 15) is 19.3 Å². The third-order valence-electron chi connectivity index (χ3n) is 2.47.